The van der Waals surface area contributed by atoms with E-state index in [-0.39, 0.29) is 0 Å². The number of halogens is 1. The molecule has 0 radical (unpaired) electrons. The Morgan fingerprint density at radius 3 is 3.07 bits per heavy atom. The molecule has 1 aliphatic heterocycles. The first-order chi connectivity index (χ1) is 6.84. The molecule has 1 unspecified atom stereocenters. The highest BCUT2D eigenvalue weighted by atomic mass is 35.5. The van der Waals surface area contributed by atoms with Crippen molar-refractivity contribution in [1.29, 1.82) is 0 Å². The number of pyridine rings is 1. The number of nitrogens with one attached hydrogen (secondary N) is 1. The van der Waals surface area contributed by atoms with Crippen LogP contribution in [0.1, 0.15) is 24.8 Å². The van der Waals surface area contributed by atoms with Crippen molar-refractivity contribution in [2.75, 3.05) is 6.54 Å². The van der Waals surface area contributed by atoms with Gasteiger partial charge in [-0.15, -0.1) is 0 Å². The average molecular weight is 211 g/mol. The van der Waals surface area contributed by atoms with Crippen molar-refractivity contribution < 1.29 is 0 Å². The SMILES string of the molecule is Clc1cncc(CC2CCCCN2)c1. The molecule has 0 bridgehead atoms. The third-order valence-corrected chi connectivity index (χ3v) is 2.86. The molecule has 1 fully saturated rings. The van der Waals surface area contributed by atoms with Gasteiger partial charge in [0.15, 0.2) is 0 Å². The molecule has 1 aromatic rings. The Morgan fingerprint density at radius 1 is 1.43 bits per heavy atom. The summed E-state index contributed by atoms with van der Waals surface area (Å²) in [6.07, 6.45) is 8.55. The largest absolute Gasteiger partial charge is 0.314 e. The predicted octanol–water partition coefficient (Wildman–Crippen LogP) is 2.42. The van der Waals surface area contributed by atoms with Crippen molar-refractivity contribution in [2.45, 2.75) is 31.7 Å². The Kier molecular flexibility index (Phi) is 3.38. The van der Waals surface area contributed by atoms with Gasteiger partial charge >= 0.3 is 0 Å². The minimum atomic E-state index is 0.615. The molecule has 0 aromatic carbocycles. The van der Waals surface area contributed by atoms with Crippen molar-refractivity contribution in [3.63, 3.8) is 0 Å². The smallest absolute Gasteiger partial charge is 0.0592 e. The highest BCUT2D eigenvalue weighted by molar-refractivity contribution is 6.30. The Labute approximate surface area is 89.7 Å². The second-order valence-electron chi connectivity index (χ2n) is 3.86. The summed E-state index contributed by atoms with van der Waals surface area (Å²) in [5.41, 5.74) is 1.23. The fourth-order valence-electron chi connectivity index (χ4n) is 1.95. The summed E-state index contributed by atoms with van der Waals surface area (Å²) in [6.45, 7) is 1.15. The molecule has 76 valence electrons. The van der Waals surface area contributed by atoms with Crippen LogP contribution in [-0.4, -0.2) is 17.6 Å². The topological polar surface area (TPSA) is 24.9 Å². The first-order valence-corrected chi connectivity index (χ1v) is 5.55. The zero-order chi connectivity index (χ0) is 9.80. The molecule has 14 heavy (non-hydrogen) atoms. The lowest BCUT2D eigenvalue weighted by Gasteiger charge is -2.23. The first-order valence-electron chi connectivity index (χ1n) is 5.17. The van der Waals surface area contributed by atoms with E-state index in [1.807, 2.05) is 12.3 Å². The highest BCUT2D eigenvalue weighted by Gasteiger charge is 2.12. The maximum absolute atomic E-state index is 5.88. The molecule has 1 N–H and O–H groups in total. The average Bonchev–Trinajstić information content (AvgIpc) is 2.19. The van der Waals surface area contributed by atoms with Crippen LogP contribution in [0, 0.1) is 0 Å². The van der Waals surface area contributed by atoms with Crippen LogP contribution in [0.3, 0.4) is 0 Å². The van der Waals surface area contributed by atoms with E-state index in [4.69, 9.17) is 11.6 Å². The van der Waals surface area contributed by atoms with Crippen LogP contribution in [0.25, 0.3) is 0 Å². The predicted molar refractivity (Wildman–Crippen MR) is 58.6 cm³/mol. The summed E-state index contributed by atoms with van der Waals surface area (Å²) in [5.74, 6) is 0. The van der Waals surface area contributed by atoms with Gasteiger partial charge in [0.2, 0.25) is 0 Å². The van der Waals surface area contributed by atoms with Gasteiger partial charge in [-0.05, 0) is 37.4 Å². The highest BCUT2D eigenvalue weighted by Crippen LogP contribution is 2.14. The molecule has 0 saturated carbocycles. The van der Waals surface area contributed by atoms with E-state index < -0.39 is 0 Å². The lowest BCUT2D eigenvalue weighted by atomic mass is 9.99. The Morgan fingerprint density at radius 2 is 2.36 bits per heavy atom. The van der Waals surface area contributed by atoms with E-state index in [0.717, 1.165) is 18.0 Å². The monoisotopic (exact) mass is 210 g/mol. The quantitative estimate of drug-likeness (QED) is 0.811. The van der Waals surface area contributed by atoms with E-state index in [9.17, 15) is 0 Å². The third-order valence-electron chi connectivity index (χ3n) is 2.66. The van der Waals surface area contributed by atoms with Crippen molar-refractivity contribution in [2.24, 2.45) is 0 Å². The van der Waals surface area contributed by atoms with Gasteiger partial charge in [0.05, 0.1) is 5.02 Å². The fraction of sp³-hybridized carbons (Fsp3) is 0.545. The molecule has 3 heteroatoms. The van der Waals surface area contributed by atoms with E-state index in [2.05, 4.69) is 10.3 Å². The number of hydrogen-bond acceptors (Lipinski definition) is 2. The van der Waals surface area contributed by atoms with Gasteiger partial charge in [0.25, 0.3) is 0 Å². The maximum Gasteiger partial charge on any atom is 0.0592 e. The molecule has 2 heterocycles. The van der Waals surface area contributed by atoms with Gasteiger partial charge in [-0.3, -0.25) is 4.98 Å². The van der Waals surface area contributed by atoms with Crippen LogP contribution in [0.2, 0.25) is 5.02 Å². The molecule has 0 amide bonds. The van der Waals surface area contributed by atoms with Crippen LogP contribution in [0.15, 0.2) is 18.5 Å². The van der Waals surface area contributed by atoms with Gasteiger partial charge in [0, 0.05) is 18.4 Å². The molecule has 1 atom stereocenters. The number of nitrogens with zero attached hydrogens (tertiary/aromatic N) is 1. The summed E-state index contributed by atoms with van der Waals surface area (Å²) >= 11 is 5.88. The number of hydrogen-bond donors (Lipinski definition) is 1. The number of aromatic nitrogens is 1. The molecule has 2 rings (SSSR count). The molecule has 0 spiro atoms. The van der Waals surface area contributed by atoms with Crippen LogP contribution in [0.4, 0.5) is 0 Å². The summed E-state index contributed by atoms with van der Waals surface area (Å²) in [6, 6.07) is 2.62. The van der Waals surface area contributed by atoms with E-state index in [1.54, 1.807) is 6.20 Å². The van der Waals surface area contributed by atoms with Crippen LogP contribution in [-0.2, 0) is 6.42 Å². The van der Waals surface area contributed by atoms with E-state index >= 15 is 0 Å². The van der Waals surface area contributed by atoms with Crippen molar-refractivity contribution in [3.8, 4) is 0 Å². The van der Waals surface area contributed by atoms with Crippen molar-refractivity contribution in [3.05, 3.63) is 29.0 Å². The molecular formula is C11H15ClN2. The zero-order valence-corrected chi connectivity index (χ0v) is 8.93. The molecular weight excluding hydrogens is 196 g/mol. The number of piperidine rings is 1. The lowest BCUT2D eigenvalue weighted by molar-refractivity contribution is 0.399. The van der Waals surface area contributed by atoms with Gasteiger partial charge in [-0.1, -0.05) is 18.0 Å². The second-order valence-corrected chi connectivity index (χ2v) is 4.30. The number of rotatable bonds is 2. The van der Waals surface area contributed by atoms with E-state index in [0.29, 0.717) is 6.04 Å². The fourth-order valence-corrected chi connectivity index (χ4v) is 2.15. The third kappa shape index (κ3) is 2.69. The molecule has 0 aliphatic carbocycles. The lowest BCUT2D eigenvalue weighted by Crippen LogP contribution is -2.35. The minimum Gasteiger partial charge on any atom is -0.314 e. The Balaban J connectivity index is 1.95. The maximum atomic E-state index is 5.88. The molecule has 1 aliphatic rings. The standard InChI is InChI=1S/C11H15ClN2/c12-10-5-9(7-13-8-10)6-11-3-1-2-4-14-11/h5,7-8,11,14H,1-4,6H2. The normalized spacial score (nSPS) is 22.2. The van der Waals surface area contributed by atoms with Gasteiger partial charge in [0.1, 0.15) is 0 Å². The van der Waals surface area contributed by atoms with Crippen LogP contribution in [0.5, 0.6) is 0 Å². The Bertz CT molecular complexity index is 295. The Hall–Kier alpha value is -0.600. The second kappa shape index (κ2) is 4.76. The molecule has 2 nitrogen and oxygen atoms in total. The van der Waals surface area contributed by atoms with Crippen LogP contribution < -0.4 is 5.32 Å². The minimum absolute atomic E-state index is 0.615. The van der Waals surface area contributed by atoms with Gasteiger partial charge in [-0.25, -0.2) is 0 Å². The summed E-state index contributed by atoms with van der Waals surface area (Å²) < 4.78 is 0. The van der Waals surface area contributed by atoms with Gasteiger partial charge < -0.3 is 5.32 Å². The van der Waals surface area contributed by atoms with Crippen molar-refractivity contribution >= 4 is 11.6 Å². The summed E-state index contributed by atoms with van der Waals surface area (Å²) in [7, 11) is 0. The summed E-state index contributed by atoms with van der Waals surface area (Å²) in [4.78, 5) is 4.09. The van der Waals surface area contributed by atoms with Crippen molar-refractivity contribution in [1.82, 2.24) is 10.3 Å². The molecule has 1 saturated heterocycles. The van der Waals surface area contributed by atoms with Gasteiger partial charge in [-0.2, -0.15) is 0 Å². The molecule has 1 aromatic heterocycles. The van der Waals surface area contributed by atoms with E-state index in [1.165, 1.54) is 24.8 Å². The zero-order valence-electron chi connectivity index (χ0n) is 8.17. The first kappa shape index (κ1) is 9.94. The van der Waals surface area contributed by atoms with Crippen LogP contribution >= 0.6 is 11.6 Å². The summed E-state index contributed by atoms with van der Waals surface area (Å²) in [5, 5.41) is 4.25.